The first-order chi connectivity index (χ1) is 10.6. The maximum absolute atomic E-state index is 12.4. The van der Waals surface area contributed by atoms with Crippen molar-refractivity contribution in [3.63, 3.8) is 0 Å². The number of aryl methyl sites for hydroxylation is 2. The minimum absolute atomic E-state index is 0.0454. The number of carbonyl (C=O) groups is 1. The molecule has 0 aliphatic rings. The Hall–Kier alpha value is -2.41. The van der Waals surface area contributed by atoms with Crippen LogP contribution in [0.25, 0.3) is 0 Å². The van der Waals surface area contributed by atoms with E-state index in [1.165, 1.54) is 36.7 Å². The van der Waals surface area contributed by atoms with Crippen LogP contribution in [0.4, 0.5) is 0 Å². The van der Waals surface area contributed by atoms with E-state index in [1.807, 2.05) is 6.92 Å². The molecular weight excluding hydrogens is 318 g/mol. The molecule has 0 atom stereocenters. The van der Waals surface area contributed by atoms with Crippen LogP contribution in [0.1, 0.15) is 28.5 Å². The van der Waals surface area contributed by atoms with Crippen molar-refractivity contribution in [2.24, 2.45) is 7.05 Å². The predicted molar refractivity (Wildman–Crippen MR) is 85.4 cm³/mol. The summed E-state index contributed by atoms with van der Waals surface area (Å²) in [6.07, 6.45) is 0. The van der Waals surface area contributed by atoms with E-state index in [1.54, 1.807) is 19.1 Å². The van der Waals surface area contributed by atoms with Crippen LogP contribution in [0, 0.1) is 13.8 Å². The molecule has 1 heterocycles. The molecule has 0 saturated carbocycles. The second kappa shape index (κ2) is 6.00. The first kappa shape index (κ1) is 17.0. The summed E-state index contributed by atoms with van der Waals surface area (Å²) in [6, 6.07) is 7.46. The van der Waals surface area contributed by atoms with Gasteiger partial charge in [-0.05, 0) is 32.9 Å². The lowest BCUT2D eigenvalue weighted by atomic mass is 10.1. The molecule has 0 saturated heterocycles. The van der Waals surface area contributed by atoms with Gasteiger partial charge < -0.3 is 8.75 Å². The molecule has 0 unspecified atom stereocenters. The zero-order valence-corrected chi connectivity index (χ0v) is 14.1. The van der Waals surface area contributed by atoms with Crippen LogP contribution in [0.5, 0.6) is 5.75 Å². The number of pyridine rings is 1. The first-order valence-corrected chi connectivity index (χ1v) is 8.27. The highest BCUT2D eigenvalue weighted by Gasteiger charge is 2.23. The molecule has 23 heavy (non-hydrogen) atoms. The van der Waals surface area contributed by atoms with Crippen LogP contribution in [0.3, 0.4) is 0 Å². The van der Waals surface area contributed by atoms with Crippen molar-refractivity contribution in [1.82, 2.24) is 4.57 Å². The summed E-state index contributed by atoms with van der Waals surface area (Å²) in [5, 5.41) is 0. The quantitative estimate of drug-likeness (QED) is 0.630. The van der Waals surface area contributed by atoms with E-state index in [0.717, 1.165) is 5.56 Å². The van der Waals surface area contributed by atoms with Gasteiger partial charge in [0.2, 0.25) is 0 Å². The number of hydrogen-bond donors (Lipinski definition) is 0. The average Bonchev–Trinajstić information content (AvgIpc) is 2.44. The molecule has 122 valence electrons. The highest BCUT2D eigenvalue weighted by molar-refractivity contribution is 7.87. The summed E-state index contributed by atoms with van der Waals surface area (Å²) < 4.78 is 31.0. The van der Waals surface area contributed by atoms with Crippen molar-refractivity contribution in [3.05, 3.63) is 57.5 Å². The number of nitrogens with zero attached hydrogens (tertiary/aromatic N) is 1. The van der Waals surface area contributed by atoms with E-state index < -0.39 is 21.5 Å². The van der Waals surface area contributed by atoms with Crippen LogP contribution >= 0.6 is 0 Å². The van der Waals surface area contributed by atoms with E-state index in [-0.39, 0.29) is 16.2 Å². The van der Waals surface area contributed by atoms with Crippen LogP contribution < -0.4 is 9.74 Å². The van der Waals surface area contributed by atoms with Gasteiger partial charge in [0.15, 0.2) is 11.5 Å². The normalized spacial score (nSPS) is 11.3. The highest BCUT2D eigenvalue weighted by atomic mass is 32.2. The Morgan fingerprint density at radius 3 is 2.22 bits per heavy atom. The second-order valence-electron chi connectivity index (χ2n) is 5.30. The molecule has 0 fully saturated rings. The van der Waals surface area contributed by atoms with Crippen LogP contribution in [-0.2, 0) is 17.2 Å². The molecule has 0 aliphatic carbocycles. The standard InChI is InChI=1S/C16H17NO5S/c1-10-5-7-13(8-6-10)23(20,21)22-14-9-11(2)17(4)16(19)15(14)12(3)18/h5-9H,1-4H3. The van der Waals surface area contributed by atoms with Crippen molar-refractivity contribution in [2.45, 2.75) is 25.7 Å². The van der Waals surface area contributed by atoms with Crippen molar-refractivity contribution in [1.29, 1.82) is 0 Å². The van der Waals surface area contributed by atoms with Gasteiger partial charge in [0, 0.05) is 18.8 Å². The Morgan fingerprint density at radius 2 is 1.70 bits per heavy atom. The largest absolute Gasteiger partial charge is 0.378 e. The molecule has 7 heteroatoms. The lowest BCUT2D eigenvalue weighted by Crippen LogP contribution is -2.27. The molecule has 6 nitrogen and oxygen atoms in total. The zero-order valence-electron chi connectivity index (χ0n) is 13.3. The molecule has 0 bridgehead atoms. The number of hydrogen-bond acceptors (Lipinski definition) is 5. The van der Waals surface area contributed by atoms with Crippen molar-refractivity contribution in [3.8, 4) is 5.75 Å². The summed E-state index contributed by atoms with van der Waals surface area (Å²) in [5.74, 6) is -0.807. The molecule has 0 N–H and O–H groups in total. The van der Waals surface area contributed by atoms with Gasteiger partial charge in [-0.2, -0.15) is 8.42 Å². The third kappa shape index (κ3) is 3.34. The van der Waals surface area contributed by atoms with Gasteiger partial charge in [-0.15, -0.1) is 0 Å². The SMILES string of the molecule is CC(=O)c1c(OS(=O)(=O)c2ccc(C)cc2)cc(C)n(C)c1=O. The smallest absolute Gasteiger partial charge is 0.339 e. The summed E-state index contributed by atoms with van der Waals surface area (Å²) in [4.78, 5) is 23.9. The lowest BCUT2D eigenvalue weighted by Gasteiger charge is -2.13. The number of aromatic nitrogens is 1. The molecule has 2 rings (SSSR count). The molecule has 1 aromatic heterocycles. The fourth-order valence-electron chi connectivity index (χ4n) is 2.05. The summed E-state index contributed by atoms with van der Waals surface area (Å²) in [6.45, 7) is 4.64. The second-order valence-corrected chi connectivity index (χ2v) is 6.84. The van der Waals surface area contributed by atoms with Gasteiger partial charge >= 0.3 is 10.1 Å². The highest BCUT2D eigenvalue weighted by Crippen LogP contribution is 2.22. The Morgan fingerprint density at radius 1 is 1.13 bits per heavy atom. The van der Waals surface area contributed by atoms with Crippen LogP contribution in [-0.4, -0.2) is 18.8 Å². The summed E-state index contributed by atoms with van der Waals surface area (Å²) >= 11 is 0. The lowest BCUT2D eigenvalue weighted by molar-refractivity contribution is 0.101. The topological polar surface area (TPSA) is 82.4 Å². The number of rotatable bonds is 4. The molecule has 1 aromatic carbocycles. The van der Waals surface area contributed by atoms with Crippen molar-refractivity contribution >= 4 is 15.9 Å². The maximum atomic E-state index is 12.4. The van der Waals surface area contributed by atoms with E-state index in [4.69, 9.17) is 4.18 Å². The van der Waals surface area contributed by atoms with E-state index in [9.17, 15) is 18.0 Å². The monoisotopic (exact) mass is 335 g/mol. The number of benzene rings is 1. The van der Waals surface area contributed by atoms with Crippen LogP contribution in [0.15, 0.2) is 40.0 Å². The fourth-order valence-corrected chi connectivity index (χ4v) is 2.99. The van der Waals surface area contributed by atoms with E-state index in [2.05, 4.69) is 0 Å². The Kier molecular flexibility index (Phi) is 4.42. The van der Waals surface area contributed by atoms with E-state index in [0.29, 0.717) is 5.69 Å². The molecule has 0 aliphatic heterocycles. The van der Waals surface area contributed by atoms with E-state index >= 15 is 0 Å². The van der Waals surface area contributed by atoms with Gasteiger partial charge in [0.25, 0.3) is 5.56 Å². The van der Waals surface area contributed by atoms with Crippen LogP contribution in [0.2, 0.25) is 0 Å². The van der Waals surface area contributed by atoms with Crippen molar-refractivity contribution in [2.75, 3.05) is 0 Å². The summed E-state index contributed by atoms with van der Waals surface area (Å²) in [7, 11) is -2.63. The number of ketones is 1. The van der Waals surface area contributed by atoms with Gasteiger partial charge in [0.05, 0.1) is 0 Å². The van der Waals surface area contributed by atoms with Gasteiger partial charge in [-0.3, -0.25) is 9.59 Å². The van der Waals surface area contributed by atoms with Gasteiger partial charge in [-0.1, -0.05) is 17.7 Å². The minimum atomic E-state index is -4.13. The van der Waals surface area contributed by atoms with Gasteiger partial charge in [0.1, 0.15) is 10.5 Å². The predicted octanol–water partition coefficient (Wildman–Crippen LogP) is 1.97. The summed E-state index contributed by atoms with van der Waals surface area (Å²) in [5.41, 5.74) is 0.507. The Bertz CT molecular complexity index is 924. The third-order valence-corrected chi connectivity index (χ3v) is 4.74. The molecule has 0 radical (unpaired) electrons. The average molecular weight is 335 g/mol. The fraction of sp³-hybridized carbons (Fsp3) is 0.250. The third-order valence-electron chi connectivity index (χ3n) is 3.50. The minimum Gasteiger partial charge on any atom is -0.378 e. The van der Waals surface area contributed by atoms with Crippen molar-refractivity contribution < 1.29 is 17.4 Å². The Balaban J connectivity index is 2.57. The van der Waals surface area contributed by atoms with Gasteiger partial charge in [-0.25, -0.2) is 0 Å². The molecule has 0 amide bonds. The maximum Gasteiger partial charge on any atom is 0.339 e. The number of Topliss-reactive ketones (excluding diaryl/α,β-unsaturated/α-hetero) is 1. The first-order valence-electron chi connectivity index (χ1n) is 6.86. The number of carbonyl (C=O) groups excluding carboxylic acids is 1. The Labute approximate surface area is 134 Å². The molecule has 2 aromatic rings. The molecule has 0 spiro atoms. The molecular formula is C16H17NO5S. The zero-order chi connectivity index (χ0) is 17.4.